The van der Waals surface area contributed by atoms with E-state index in [1.165, 1.54) is 24.4 Å². The molecule has 158 valence electrons. The first kappa shape index (κ1) is 22.3. The van der Waals surface area contributed by atoms with E-state index in [1.54, 1.807) is 12.1 Å². The molecule has 0 spiro atoms. The van der Waals surface area contributed by atoms with Crippen molar-refractivity contribution < 1.29 is 24.2 Å². The number of halogens is 1. The Hall–Kier alpha value is -2.40. The summed E-state index contributed by atoms with van der Waals surface area (Å²) in [5.74, 6) is -0.464. The predicted octanol–water partition coefficient (Wildman–Crippen LogP) is 3.93. The molecule has 1 unspecified atom stereocenters. The quantitative estimate of drug-likeness (QED) is 0.345. The minimum atomic E-state index is -1.07. The maximum atomic E-state index is 12.4. The van der Waals surface area contributed by atoms with E-state index in [4.69, 9.17) is 14.6 Å². The molecule has 0 saturated carbocycles. The molecule has 1 amide bonds. The zero-order valence-corrected chi connectivity index (χ0v) is 19.4. The third-order valence-electron chi connectivity index (χ3n) is 4.28. The van der Waals surface area contributed by atoms with Gasteiger partial charge in [0.25, 0.3) is 5.91 Å². The van der Waals surface area contributed by atoms with Crippen molar-refractivity contribution in [2.45, 2.75) is 18.8 Å². The highest BCUT2D eigenvalue weighted by Gasteiger charge is 2.27. The minimum Gasteiger partial charge on any atom is -0.493 e. The van der Waals surface area contributed by atoms with E-state index in [9.17, 15) is 9.59 Å². The first-order valence-electron chi connectivity index (χ1n) is 9.16. The Morgan fingerprint density at radius 1 is 1.33 bits per heavy atom. The van der Waals surface area contributed by atoms with Gasteiger partial charge in [0.1, 0.15) is 0 Å². The van der Waals surface area contributed by atoms with Crippen LogP contribution in [-0.4, -0.2) is 36.2 Å². The van der Waals surface area contributed by atoms with Gasteiger partial charge >= 0.3 is 5.97 Å². The van der Waals surface area contributed by atoms with Crippen molar-refractivity contribution in [2.75, 3.05) is 19.0 Å². The van der Waals surface area contributed by atoms with Gasteiger partial charge in [0.15, 0.2) is 23.6 Å². The number of hydrogen-bond acceptors (Lipinski definition) is 6. The van der Waals surface area contributed by atoms with Crippen LogP contribution in [0.2, 0.25) is 0 Å². The average molecular weight is 540 g/mol. The Kier molecular flexibility index (Phi) is 7.48. The maximum Gasteiger partial charge on any atom is 0.341 e. The highest BCUT2D eigenvalue weighted by molar-refractivity contribution is 14.1. The molecule has 3 rings (SSSR count). The van der Waals surface area contributed by atoms with Gasteiger partial charge in [-0.1, -0.05) is 30.8 Å². The van der Waals surface area contributed by atoms with Crippen molar-refractivity contribution in [3.8, 4) is 11.5 Å². The lowest BCUT2D eigenvalue weighted by Gasteiger charge is -2.13. The number of hydrogen-bond donors (Lipinski definition) is 3. The molecule has 7 nitrogen and oxygen atoms in total. The van der Waals surface area contributed by atoms with Crippen LogP contribution < -0.4 is 20.1 Å². The molecular weight excluding hydrogens is 519 g/mol. The van der Waals surface area contributed by atoms with Gasteiger partial charge in [0.2, 0.25) is 0 Å². The second kappa shape index (κ2) is 10.1. The van der Waals surface area contributed by atoms with Crippen LogP contribution in [-0.2, 0) is 16.0 Å². The van der Waals surface area contributed by atoms with Crippen LogP contribution in [0.3, 0.4) is 0 Å². The molecule has 9 heteroatoms. The summed E-state index contributed by atoms with van der Waals surface area (Å²) < 4.78 is 11.3. The molecule has 1 fully saturated rings. The largest absolute Gasteiger partial charge is 0.493 e. The maximum absolute atomic E-state index is 12.4. The summed E-state index contributed by atoms with van der Waals surface area (Å²) in [5, 5.41) is 15.0. The van der Waals surface area contributed by atoms with E-state index < -0.39 is 12.6 Å². The number of amides is 1. The van der Waals surface area contributed by atoms with Crippen LogP contribution in [0, 0.1) is 3.57 Å². The van der Waals surface area contributed by atoms with Gasteiger partial charge in [-0.25, -0.2) is 4.79 Å². The number of nitrogens with one attached hydrogen (secondary N) is 2. The normalized spacial score (nSPS) is 17.0. The van der Waals surface area contributed by atoms with E-state index in [1.807, 2.05) is 18.2 Å². The summed E-state index contributed by atoms with van der Waals surface area (Å²) in [6.45, 7) is 1.64. The van der Waals surface area contributed by atoms with E-state index in [0.29, 0.717) is 20.0 Å². The van der Waals surface area contributed by atoms with Crippen LogP contribution in [0.15, 0.2) is 41.3 Å². The second-order valence-corrected chi connectivity index (χ2v) is 8.70. The number of thioether (sulfide) groups is 1. The number of methoxy groups -OCH3 is 1. The van der Waals surface area contributed by atoms with Gasteiger partial charge in [-0.05, 0) is 70.5 Å². The van der Waals surface area contributed by atoms with Gasteiger partial charge in [-0.15, -0.1) is 0 Å². The summed E-state index contributed by atoms with van der Waals surface area (Å²) in [6.07, 6.45) is 2.75. The fourth-order valence-electron chi connectivity index (χ4n) is 2.80. The second-order valence-electron chi connectivity index (χ2n) is 6.39. The van der Waals surface area contributed by atoms with E-state index in [0.717, 1.165) is 17.7 Å². The van der Waals surface area contributed by atoms with Crippen molar-refractivity contribution in [1.29, 1.82) is 0 Å². The Bertz CT molecular complexity index is 978. The van der Waals surface area contributed by atoms with Crippen LogP contribution in [0.1, 0.15) is 18.1 Å². The van der Waals surface area contributed by atoms with Gasteiger partial charge in [-0.2, -0.15) is 0 Å². The molecule has 0 aliphatic carbocycles. The number of aryl methyl sites for hydroxylation is 1. The zero-order chi connectivity index (χ0) is 21.7. The molecule has 1 atom stereocenters. The Morgan fingerprint density at radius 3 is 2.70 bits per heavy atom. The topological polar surface area (TPSA) is 96.9 Å². The summed E-state index contributed by atoms with van der Waals surface area (Å²) >= 11 is 3.44. The van der Waals surface area contributed by atoms with Crippen LogP contribution in [0.5, 0.6) is 11.5 Å². The lowest BCUT2D eigenvalue weighted by molar-refractivity contribution is -0.139. The number of aliphatic carboxylic acids is 1. The number of anilines is 1. The average Bonchev–Trinajstić information content (AvgIpc) is 3.05. The van der Waals surface area contributed by atoms with Gasteiger partial charge in [0, 0.05) is 5.69 Å². The predicted molar refractivity (Wildman–Crippen MR) is 126 cm³/mol. The van der Waals surface area contributed by atoms with E-state index in [-0.39, 0.29) is 11.4 Å². The van der Waals surface area contributed by atoms with Gasteiger partial charge in [-0.3, -0.25) is 4.79 Å². The fourth-order valence-corrected chi connectivity index (χ4v) is 4.57. The third-order valence-corrected chi connectivity index (χ3v) is 6.11. The molecular formula is C21H21IN2O5S. The Morgan fingerprint density at radius 2 is 2.07 bits per heavy atom. The highest BCUT2D eigenvalue weighted by atomic mass is 127. The molecule has 3 N–H and O–H groups in total. The number of benzene rings is 2. The van der Waals surface area contributed by atoms with Crippen molar-refractivity contribution in [2.24, 2.45) is 0 Å². The van der Waals surface area contributed by atoms with Crippen LogP contribution in [0.25, 0.3) is 6.08 Å². The third kappa shape index (κ3) is 5.60. The van der Waals surface area contributed by atoms with Gasteiger partial charge < -0.3 is 25.2 Å². The van der Waals surface area contributed by atoms with Crippen molar-refractivity contribution in [1.82, 2.24) is 5.32 Å². The zero-order valence-electron chi connectivity index (χ0n) is 16.4. The molecule has 1 heterocycles. The highest BCUT2D eigenvalue weighted by Crippen LogP contribution is 2.36. The molecule has 1 saturated heterocycles. The van der Waals surface area contributed by atoms with Crippen molar-refractivity contribution in [3.05, 3.63) is 56.0 Å². The molecule has 30 heavy (non-hydrogen) atoms. The monoisotopic (exact) mass is 540 g/mol. The standard InChI is InChI=1S/C21H21IN2O5S/c1-3-12-4-6-14(7-5-12)23-21-24-20(27)17(30-21)10-13-8-15(22)19(16(9-13)28-2)29-11-18(25)26/h4-10,21,23H,3,11H2,1-2H3,(H,24,27)(H,25,26). The number of carbonyl (C=O) groups excluding carboxylic acids is 1. The SMILES string of the molecule is CCc1ccc(NC2NC(=O)C(=Cc3cc(I)c(OCC(=O)O)c(OC)c3)S2)cc1. The fraction of sp³-hybridized carbons (Fsp3) is 0.238. The van der Waals surface area contributed by atoms with Crippen LogP contribution in [0.4, 0.5) is 5.69 Å². The van der Waals surface area contributed by atoms with E-state index >= 15 is 0 Å². The molecule has 0 aromatic heterocycles. The Balaban J connectivity index is 1.74. The van der Waals surface area contributed by atoms with Gasteiger partial charge in [0.05, 0.1) is 15.6 Å². The molecule has 0 radical (unpaired) electrons. The first-order valence-corrected chi connectivity index (χ1v) is 11.1. The van der Waals surface area contributed by atoms with Crippen LogP contribution >= 0.6 is 34.4 Å². The van der Waals surface area contributed by atoms with E-state index in [2.05, 4.69) is 52.3 Å². The lowest BCUT2D eigenvalue weighted by atomic mass is 10.1. The molecule has 0 bridgehead atoms. The molecule has 1 aliphatic rings. The van der Waals surface area contributed by atoms with Crippen molar-refractivity contribution in [3.63, 3.8) is 0 Å². The molecule has 2 aromatic rings. The van der Waals surface area contributed by atoms with Crippen molar-refractivity contribution >= 4 is 58.0 Å². The molecule has 1 aliphatic heterocycles. The summed E-state index contributed by atoms with van der Waals surface area (Å²) in [4.78, 5) is 23.7. The smallest absolute Gasteiger partial charge is 0.341 e. The number of carboxylic acids is 1. The number of ether oxygens (including phenoxy) is 2. The number of carbonyl (C=O) groups is 2. The molecule has 2 aromatic carbocycles. The number of rotatable bonds is 8. The summed E-state index contributed by atoms with van der Waals surface area (Å²) in [7, 11) is 1.48. The lowest BCUT2D eigenvalue weighted by Crippen LogP contribution is -2.30. The summed E-state index contributed by atoms with van der Waals surface area (Å²) in [6, 6.07) is 11.6. The first-order chi connectivity index (χ1) is 14.4. The number of carboxylic acid groups (broad SMARTS) is 1. The summed E-state index contributed by atoms with van der Waals surface area (Å²) in [5.41, 5.74) is 2.67. The minimum absolute atomic E-state index is 0.164. The Labute approximate surface area is 192 Å².